The molecule has 1 aromatic rings. The minimum Gasteiger partial charge on any atom is -0.357 e. The first-order chi connectivity index (χ1) is 7.97. The molecule has 1 aromatic heterocycles. The van der Waals surface area contributed by atoms with E-state index in [2.05, 4.69) is 4.98 Å². The summed E-state index contributed by atoms with van der Waals surface area (Å²) in [6, 6.07) is 2.02. The smallest absolute Gasteiger partial charge is 0.357 e. The van der Waals surface area contributed by atoms with Gasteiger partial charge < -0.3 is 4.90 Å². The van der Waals surface area contributed by atoms with E-state index in [0.29, 0.717) is 18.9 Å². The van der Waals surface area contributed by atoms with Crippen molar-refractivity contribution < 1.29 is 14.5 Å². The Bertz CT molecular complexity index is 395. The fraction of sp³-hybridized carbons (Fsp3) is 0.545. The van der Waals surface area contributed by atoms with Crippen molar-refractivity contribution in [3.8, 4) is 0 Å². The molecule has 1 saturated heterocycles. The quantitative estimate of drug-likeness (QED) is 0.738. The second kappa shape index (κ2) is 4.31. The number of nitrogens with zero attached hydrogens (tertiary/aromatic N) is 2. The van der Waals surface area contributed by atoms with Gasteiger partial charge in [-0.2, -0.15) is 13.2 Å². The highest BCUT2D eigenvalue weighted by Crippen LogP contribution is 2.31. The predicted octanol–water partition coefficient (Wildman–Crippen LogP) is 3.09. The molecule has 2 nitrogen and oxygen atoms in total. The van der Waals surface area contributed by atoms with Crippen molar-refractivity contribution in [2.75, 3.05) is 18.0 Å². The third-order valence-corrected chi connectivity index (χ3v) is 2.58. The number of anilines is 1. The van der Waals surface area contributed by atoms with Crippen molar-refractivity contribution in [2.45, 2.75) is 25.4 Å². The molecule has 0 aromatic carbocycles. The second-order valence-electron chi connectivity index (χ2n) is 3.78. The molecule has 1 aliphatic heterocycles. The van der Waals surface area contributed by atoms with Gasteiger partial charge in [-0.1, -0.05) is 0 Å². The van der Waals surface area contributed by atoms with E-state index in [1.807, 2.05) is 0 Å². The van der Waals surface area contributed by atoms with Gasteiger partial charge in [0.1, 0.15) is 5.82 Å². The third kappa shape index (κ3) is 2.46. The molecule has 0 N–H and O–H groups in total. The van der Waals surface area contributed by atoms with Crippen molar-refractivity contribution in [3.63, 3.8) is 0 Å². The highest BCUT2D eigenvalue weighted by atomic mass is 19.4. The zero-order valence-corrected chi connectivity index (χ0v) is 8.67. The first-order valence-corrected chi connectivity index (χ1v) is 5.17. The monoisotopic (exact) mass is 231 g/mol. The van der Waals surface area contributed by atoms with E-state index in [9.17, 15) is 13.2 Å². The number of piperidine rings is 1. The van der Waals surface area contributed by atoms with Gasteiger partial charge in [0.2, 0.25) is 0 Å². The first kappa shape index (κ1) is 9.93. The molecule has 0 radical (unpaired) electrons. The Morgan fingerprint density at radius 3 is 2.81 bits per heavy atom. The number of hydrogen-bond acceptors (Lipinski definition) is 2. The standard InChI is InChI=1S/C11H13F3N2/c12-11(13,14)9-4-5-15-10(8-9)16-6-2-1-3-7-16/h4-5,8H,1-3,6-7H2/i2D/t2-/m1/s1. The number of pyridine rings is 1. The van der Waals surface area contributed by atoms with Gasteiger partial charge in [-0.05, 0) is 31.4 Å². The third-order valence-electron chi connectivity index (χ3n) is 2.58. The first-order valence-electron chi connectivity index (χ1n) is 5.75. The zero-order valence-electron chi connectivity index (χ0n) is 9.67. The van der Waals surface area contributed by atoms with Gasteiger partial charge in [0.25, 0.3) is 0 Å². The molecular weight excluding hydrogens is 217 g/mol. The van der Waals surface area contributed by atoms with Crippen LogP contribution < -0.4 is 4.90 Å². The molecule has 0 amide bonds. The molecule has 16 heavy (non-hydrogen) atoms. The molecule has 1 fully saturated rings. The minimum atomic E-state index is -4.34. The molecule has 0 saturated carbocycles. The van der Waals surface area contributed by atoms with Crippen LogP contribution in [0.15, 0.2) is 18.3 Å². The number of aromatic nitrogens is 1. The summed E-state index contributed by atoms with van der Waals surface area (Å²) in [5, 5.41) is 0. The maximum Gasteiger partial charge on any atom is 0.416 e. The number of alkyl halides is 3. The number of rotatable bonds is 1. The van der Waals surface area contributed by atoms with Crippen LogP contribution in [0, 0.1) is 0 Å². The van der Waals surface area contributed by atoms with E-state index in [1.54, 1.807) is 4.90 Å². The predicted molar refractivity (Wildman–Crippen MR) is 55.3 cm³/mol. The van der Waals surface area contributed by atoms with Crippen LogP contribution in [0.25, 0.3) is 0 Å². The Kier molecular flexibility index (Phi) is 2.68. The lowest BCUT2D eigenvalue weighted by Gasteiger charge is -2.28. The van der Waals surface area contributed by atoms with E-state index in [0.717, 1.165) is 25.0 Å². The van der Waals surface area contributed by atoms with Crippen molar-refractivity contribution in [1.82, 2.24) is 4.98 Å². The molecule has 1 atom stereocenters. The molecule has 2 rings (SSSR count). The van der Waals surface area contributed by atoms with Gasteiger partial charge in [-0.15, -0.1) is 0 Å². The summed E-state index contributed by atoms with van der Waals surface area (Å²) in [5.41, 5.74) is -0.686. The number of halogens is 3. The van der Waals surface area contributed by atoms with Crippen molar-refractivity contribution in [3.05, 3.63) is 23.9 Å². The Labute approximate surface area is 93.5 Å². The molecule has 0 unspecified atom stereocenters. The largest absolute Gasteiger partial charge is 0.416 e. The van der Waals surface area contributed by atoms with Crippen LogP contribution in [0.3, 0.4) is 0 Å². The normalized spacial score (nSPS) is 23.1. The molecule has 0 spiro atoms. The van der Waals surface area contributed by atoms with Crippen LogP contribution in [0.2, 0.25) is 0 Å². The van der Waals surface area contributed by atoms with Crippen LogP contribution in [0.4, 0.5) is 19.0 Å². The second-order valence-corrected chi connectivity index (χ2v) is 3.78. The summed E-state index contributed by atoms with van der Waals surface area (Å²) >= 11 is 0. The van der Waals surface area contributed by atoms with E-state index < -0.39 is 11.7 Å². The van der Waals surface area contributed by atoms with Crippen molar-refractivity contribution in [1.29, 1.82) is 0 Å². The van der Waals surface area contributed by atoms with Gasteiger partial charge in [-0.25, -0.2) is 4.98 Å². The molecule has 0 bridgehead atoms. The van der Waals surface area contributed by atoms with Crippen LogP contribution in [-0.2, 0) is 6.18 Å². The lowest BCUT2D eigenvalue weighted by molar-refractivity contribution is -0.137. The molecule has 0 aliphatic carbocycles. The maximum atomic E-state index is 12.5. The van der Waals surface area contributed by atoms with Crippen molar-refractivity contribution in [2.24, 2.45) is 0 Å². The van der Waals surface area contributed by atoms with Crippen molar-refractivity contribution >= 4 is 5.82 Å². The summed E-state index contributed by atoms with van der Waals surface area (Å²) in [5.74, 6) is 0.316. The minimum absolute atomic E-state index is 0.236. The fourth-order valence-electron chi connectivity index (χ4n) is 1.74. The average Bonchev–Trinajstić information content (AvgIpc) is 2.28. The van der Waals surface area contributed by atoms with E-state index >= 15 is 0 Å². The van der Waals surface area contributed by atoms with E-state index in [-0.39, 0.29) is 6.40 Å². The van der Waals surface area contributed by atoms with E-state index in [4.69, 9.17) is 1.37 Å². The topological polar surface area (TPSA) is 16.1 Å². The highest BCUT2D eigenvalue weighted by Gasteiger charge is 2.31. The summed E-state index contributed by atoms with van der Waals surface area (Å²) < 4.78 is 45.2. The number of hydrogen-bond donors (Lipinski definition) is 0. The SMILES string of the molecule is [2H][C@@H]1CCCN(c2cc(C(F)(F)F)ccn2)C1. The summed E-state index contributed by atoms with van der Waals surface area (Å²) in [6.45, 7) is 1.12. The summed E-state index contributed by atoms with van der Waals surface area (Å²) in [7, 11) is 0. The molecule has 2 heterocycles. The van der Waals surface area contributed by atoms with Crippen LogP contribution in [-0.4, -0.2) is 18.1 Å². The Morgan fingerprint density at radius 2 is 2.12 bits per heavy atom. The van der Waals surface area contributed by atoms with Gasteiger partial charge in [-0.3, -0.25) is 0 Å². The zero-order chi connectivity index (χ0) is 12.5. The lowest BCUT2D eigenvalue weighted by Crippen LogP contribution is -2.30. The van der Waals surface area contributed by atoms with Crippen LogP contribution in [0.1, 0.15) is 26.2 Å². The summed E-state index contributed by atoms with van der Waals surface area (Å²) in [6.07, 6.45) is -1.78. The Balaban J connectivity index is 2.21. The summed E-state index contributed by atoms with van der Waals surface area (Å²) in [4.78, 5) is 5.70. The van der Waals surface area contributed by atoms with Crippen LogP contribution in [0.5, 0.6) is 0 Å². The highest BCUT2D eigenvalue weighted by molar-refractivity contribution is 5.42. The van der Waals surface area contributed by atoms with Gasteiger partial charge in [0.05, 0.1) is 5.56 Å². The maximum absolute atomic E-state index is 12.5. The van der Waals surface area contributed by atoms with Gasteiger partial charge in [0.15, 0.2) is 0 Å². The van der Waals surface area contributed by atoms with Gasteiger partial charge >= 0.3 is 6.18 Å². The fourth-order valence-corrected chi connectivity index (χ4v) is 1.74. The average molecular weight is 231 g/mol. The molecule has 1 aliphatic rings. The Morgan fingerprint density at radius 1 is 1.31 bits per heavy atom. The van der Waals surface area contributed by atoms with Gasteiger partial charge in [0, 0.05) is 20.7 Å². The van der Waals surface area contributed by atoms with E-state index in [1.165, 1.54) is 6.20 Å². The Hall–Kier alpha value is -1.26. The molecular formula is C11H13F3N2. The lowest BCUT2D eigenvalue weighted by atomic mass is 10.1. The molecule has 88 valence electrons. The van der Waals surface area contributed by atoms with Crippen LogP contribution >= 0.6 is 0 Å². The molecule has 5 heteroatoms.